The van der Waals surface area contributed by atoms with Crippen LogP contribution in [-0.2, 0) is 4.79 Å². The maximum atomic E-state index is 12.0. The zero-order chi connectivity index (χ0) is 15.9. The Balaban J connectivity index is 2.42. The molecule has 1 unspecified atom stereocenters. The molecule has 0 bridgehead atoms. The highest BCUT2D eigenvalue weighted by atomic mass is 19.4. The van der Waals surface area contributed by atoms with Crippen LogP contribution in [0.3, 0.4) is 0 Å². The van der Waals surface area contributed by atoms with E-state index in [-0.39, 0.29) is 17.7 Å². The van der Waals surface area contributed by atoms with Gasteiger partial charge in [-0.3, -0.25) is 4.79 Å². The molecule has 0 spiro atoms. The molecule has 0 fully saturated rings. The highest BCUT2D eigenvalue weighted by Gasteiger charge is 2.28. The normalized spacial score (nSPS) is 12.8. The van der Waals surface area contributed by atoms with Crippen molar-refractivity contribution in [1.29, 1.82) is 0 Å². The number of hydrogen-bond acceptors (Lipinski definition) is 4. The third-order valence-corrected chi connectivity index (χ3v) is 2.67. The predicted octanol–water partition coefficient (Wildman–Crippen LogP) is 2.34. The van der Waals surface area contributed by atoms with E-state index in [1.165, 1.54) is 18.3 Å². The maximum absolute atomic E-state index is 12.0. The smallest absolute Gasteiger partial charge is 0.422 e. The molecule has 1 atom stereocenters. The SMILES string of the molecule is CC(CN)CCC(=O)Nc1ccc(OCC(F)(F)F)nc1. The van der Waals surface area contributed by atoms with Crippen molar-refractivity contribution in [2.45, 2.75) is 25.9 Å². The first kappa shape index (κ1) is 17.2. The van der Waals surface area contributed by atoms with Crippen LogP contribution in [0.4, 0.5) is 18.9 Å². The molecule has 0 aliphatic heterocycles. The molecule has 0 aliphatic carbocycles. The summed E-state index contributed by atoms with van der Waals surface area (Å²) in [7, 11) is 0. The van der Waals surface area contributed by atoms with E-state index < -0.39 is 12.8 Å². The number of rotatable bonds is 7. The van der Waals surface area contributed by atoms with E-state index in [0.29, 0.717) is 25.1 Å². The highest BCUT2D eigenvalue weighted by Crippen LogP contribution is 2.18. The Morgan fingerprint density at radius 3 is 2.71 bits per heavy atom. The summed E-state index contributed by atoms with van der Waals surface area (Å²) in [6, 6.07) is 2.70. The first-order chi connectivity index (χ1) is 9.80. The minimum Gasteiger partial charge on any atom is -0.468 e. The summed E-state index contributed by atoms with van der Waals surface area (Å²) >= 11 is 0. The molecule has 0 saturated carbocycles. The molecule has 118 valence electrons. The number of pyridine rings is 1. The number of anilines is 1. The molecular weight excluding hydrogens is 287 g/mol. The lowest BCUT2D eigenvalue weighted by atomic mass is 10.1. The van der Waals surface area contributed by atoms with E-state index >= 15 is 0 Å². The largest absolute Gasteiger partial charge is 0.468 e. The van der Waals surface area contributed by atoms with Gasteiger partial charge in [0.1, 0.15) is 0 Å². The van der Waals surface area contributed by atoms with E-state index in [2.05, 4.69) is 15.0 Å². The Hall–Kier alpha value is -1.83. The molecule has 0 radical (unpaired) electrons. The lowest BCUT2D eigenvalue weighted by molar-refractivity contribution is -0.154. The zero-order valence-electron chi connectivity index (χ0n) is 11.6. The fourth-order valence-corrected chi connectivity index (χ4v) is 1.41. The number of halogens is 3. The summed E-state index contributed by atoms with van der Waals surface area (Å²) in [5.74, 6) is -0.0878. The van der Waals surface area contributed by atoms with Crippen molar-refractivity contribution >= 4 is 11.6 Å². The average Bonchev–Trinajstić information content (AvgIpc) is 2.43. The van der Waals surface area contributed by atoms with E-state index in [4.69, 9.17) is 5.73 Å². The number of nitrogens with two attached hydrogens (primary N) is 1. The molecule has 8 heteroatoms. The van der Waals surface area contributed by atoms with Crippen LogP contribution in [0.25, 0.3) is 0 Å². The topological polar surface area (TPSA) is 77.2 Å². The van der Waals surface area contributed by atoms with Crippen molar-refractivity contribution in [3.8, 4) is 5.88 Å². The molecule has 1 rings (SSSR count). The Morgan fingerprint density at radius 2 is 2.19 bits per heavy atom. The van der Waals surface area contributed by atoms with Crippen LogP contribution >= 0.6 is 0 Å². The van der Waals surface area contributed by atoms with E-state index in [9.17, 15) is 18.0 Å². The number of carbonyl (C=O) groups excluding carboxylic acids is 1. The van der Waals surface area contributed by atoms with Gasteiger partial charge in [0.05, 0.1) is 11.9 Å². The quantitative estimate of drug-likeness (QED) is 0.810. The second kappa shape index (κ2) is 7.82. The second-order valence-corrected chi connectivity index (χ2v) is 4.72. The van der Waals surface area contributed by atoms with Crippen molar-refractivity contribution in [3.05, 3.63) is 18.3 Å². The lowest BCUT2D eigenvalue weighted by Crippen LogP contribution is -2.19. The van der Waals surface area contributed by atoms with E-state index in [1.807, 2.05) is 6.92 Å². The number of nitrogens with one attached hydrogen (secondary N) is 1. The summed E-state index contributed by atoms with van der Waals surface area (Å²) in [5.41, 5.74) is 5.85. The summed E-state index contributed by atoms with van der Waals surface area (Å²) in [4.78, 5) is 15.3. The number of aromatic nitrogens is 1. The molecule has 21 heavy (non-hydrogen) atoms. The van der Waals surface area contributed by atoms with Crippen LogP contribution in [-0.4, -0.2) is 30.2 Å². The molecule has 1 aromatic heterocycles. The molecule has 1 aromatic rings. The fourth-order valence-electron chi connectivity index (χ4n) is 1.41. The van der Waals surface area contributed by atoms with Gasteiger partial charge in [-0.2, -0.15) is 13.2 Å². The third kappa shape index (κ3) is 7.50. The second-order valence-electron chi connectivity index (χ2n) is 4.72. The number of alkyl halides is 3. The number of carbonyl (C=O) groups is 1. The molecule has 5 nitrogen and oxygen atoms in total. The third-order valence-electron chi connectivity index (χ3n) is 2.67. The molecule has 3 N–H and O–H groups in total. The van der Waals surface area contributed by atoms with E-state index in [1.54, 1.807) is 0 Å². The van der Waals surface area contributed by atoms with Crippen LogP contribution < -0.4 is 15.8 Å². The van der Waals surface area contributed by atoms with Gasteiger partial charge in [0.15, 0.2) is 6.61 Å². The average molecular weight is 305 g/mol. The summed E-state index contributed by atoms with van der Waals surface area (Å²) < 4.78 is 40.3. The predicted molar refractivity (Wildman–Crippen MR) is 71.9 cm³/mol. The monoisotopic (exact) mass is 305 g/mol. The number of hydrogen-bond donors (Lipinski definition) is 2. The van der Waals surface area contributed by atoms with Crippen LogP contribution in [0.1, 0.15) is 19.8 Å². The number of nitrogens with zero attached hydrogens (tertiary/aromatic N) is 1. The Labute approximate surface area is 120 Å². The molecule has 1 amide bonds. The minimum absolute atomic E-state index is 0.151. The van der Waals surface area contributed by atoms with Gasteiger partial charge in [0, 0.05) is 12.5 Å². The van der Waals surface area contributed by atoms with Crippen molar-refractivity contribution in [2.75, 3.05) is 18.5 Å². The molecule has 0 saturated heterocycles. The Morgan fingerprint density at radius 1 is 1.48 bits per heavy atom. The van der Waals surface area contributed by atoms with Crippen LogP contribution in [0.15, 0.2) is 18.3 Å². The van der Waals surface area contributed by atoms with Crippen LogP contribution in [0, 0.1) is 5.92 Å². The van der Waals surface area contributed by atoms with Gasteiger partial charge in [-0.15, -0.1) is 0 Å². The number of ether oxygens (including phenoxy) is 1. The summed E-state index contributed by atoms with van der Waals surface area (Å²) in [5, 5.41) is 2.60. The van der Waals surface area contributed by atoms with E-state index in [0.717, 1.165) is 0 Å². The first-order valence-corrected chi connectivity index (χ1v) is 6.45. The summed E-state index contributed by atoms with van der Waals surface area (Å²) in [6.07, 6.45) is -2.17. The van der Waals surface area contributed by atoms with Crippen LogP contribution in [0.2, 0.25) is 0 Å². The van der Waals surface area contributed by atoms with Gasteiger partial charge in [-0.05, 0) is 24.9 Å². The van der Waals surface area contributed by atoms with Gasteiger partial charge < -0.3 is 15.8 Å². The van der Waals surface area contributed by atoms with Gasteiger partial charge in [-0.1, -0.05) is 6.92 Å². The van der Waals surface area contributed by atoms with Gasteiger partial charge in [-0.25, -0.2) is 4.98 Å². The minimum atomic E-state index is -4.41. The highest BCUT2D eigenvalue weighted by molar-refractivity contribution is 5.90. The molecular formula is C13H18F3N3O2. The first-order valence-electron chi connectivity index (χ1n) is 6.45. The van der Waals surface area contributed by atoms with Gasteiger partial charge >= 0.3 is 6.18 Å². The summed E-state index contributed by atoms with van der Waals surface area (Å²) in [6.45, 7) is 1.06. The molecule has 0 aromatic carbocycles. The van der Waals surface area contributed by atoms with Crippen molar-refractivity contribution in [1.82, 2.24) is 4.98 Å². The zero-order valence-corrected chi connectivity index (χ0v) is 11.6. The Bertz CT molecular complexity index is 449. The van der Waals surface area contributed by atoms with Crippen LogP contribution in [0.5, 0.6) is 5.88 Å². The fraction of sp³-hybridized carbons (Fsp3) is 0.538. The molecule has 1 heterocycles. The van der Waals surface area contributed by atoms with Crippen molar-refractivity contribution in [2.24, 2.45) is 11.7 Å². The lowest BCUT2D eigenvalue weighted by Gasteiger charge is -2.10. The number of amides is 1. The van der Waals surface area contributed by atoms with Crippen molar-refractivity contribution in [3.63, 3.8) is 0 Å². The molecule has 0 aliphatic rings. The standard InChI is InChI=1S/C13H18F3N3O2/c1-9(6-17)2-4-11(20)19-10-3-5-12(18-7-10)21-8-13(14,15)16/h3,5,7,9H,2,4,6,8,17H2,1H3,(H,19,20). The van der Waals surface area contributed by atoms with Gasteiger partial charge in [0.2, 0.25) is 11.8 Å². The Kier molecular flexibility index (Phi) is 6.41. The maximum Gasteiger partial charge on any atom is 0.422 e. The van der Waals surface area contributed by atoms with Gasteiger partial charge in [0.25, 0.3) is 0 Å². The van der Waals surface area contributed by atoms with Crippen molar-refractivity contribution < 1.29 is 22.7 Å².